The third-order valence-corrected chi connectivity index (χ3v) is 5.05. The van der Waals surface area contributed by atoms with Gasteiger partial charge in [-0.2, -0.15) is 0 Å². The number of hydrogen-bond acceptors (Lipinski definition) is 3. The van der Waals surface area contributed by atoms with Crippen molar-refractivity contribution < 1.29 is 4.74 Å². The third-order valence-electron chi connectivity index (χ3n) is 5.05. The topological polar surface area (TPSA) is 39.1 Å². The van der Waals surface area contributed by atoms with Crippen LogP contribution in [-0.4, -0.2) is 22.7 Å². The van der Waals surface area contributed by atoms with Crippen LogP contribution in [0.4, 0.5) is 0 Å². The Kier molecular flexibility index (Phi) is 6.22. The fourth-order valence-corrected chi connectivity index (χ4v) is 3.51. The minimum absolute atomic E-state index is 0.666. The van der Waals surface area contributed by atoms with E-state index in [1.165, 1.54) is 27.6 Å². The predicted octanol–water partition coefficient (Wildman–Crippen LogP) is 4.95. The molecule has 0 spiro atoms. The summed E-state index contributed by atoms with van der Waals surface area (Å²) in [7, 11) is 0. The number of hydrogen-bond donors (Lipinski definition) is 1. The van der Waals surface area contributed by atoms with E-state index in [2.05, 4.69) is 76.5 Å². The smallest absolute Gasteiger partial charge is 0.213 e. The van der Waals surface area contributed by atoms with Crippen LogP contribution in [0.5, 0.6) is 5.88 Å². The maximum atomic E-state index is 5.65. The molecule has 0 aliphatic heterocycles. The van der Waals surface area contributed by atoms with Crippen molar-refractivity contribution in [2.75, 3.05) is 13.2 Å². The van der Waals surface area contributed by atoms with Gasteiger partial charge in [0.2, 0.25) is 5.88 Å². The second-order valence-electron chi connectivity index (χ2n) is 7.33. The number of para-hydroxylation sites is 1. The number of nitrogens with zero attached hydrogens (tertiary/aromatic N) is 2. The SMILES string of the molecule is Cc1ccc(Cn2cc(CNCCCOc3ccccn3)c3ccccc32)cc1. The molecular weight excluding hydrogens is 358 g/mol. The van der Waals surface area contributed by atoms with Crippen LogP contribution in [0.3, 0.4) is 0 Å². The molecule has 0 saturated heterocycles. The third kappa shape index (κ3) is 5.04. The highest BCUT2D eigenvalue weighted by Gasteiger charge is 2.08. The molecule has 4 rings (SSSR count). The number of fused-ring (bicyclic) bond motifs is 1. The van der Waals surface area contributed by atoms with Gasteiger partial charge in [0, 0.05) is 42.5 Å². The Morgan fingerprint density at radius 1 is 0.966 bits per heavy atom. The minimum atomic E-state index is 0.666. The molecular formula is C25H27N3O. The molecule has 1 N–H and O–H groups in total. The summed E-state index contributed by atoms with van der Waals surface area (Å²) >= 11 is 0. The molecule has 2 heterocycles. The Balaban J connectivity index is 1.34. The van der Waals surface area contributed by atoms with E-state index in [-0.39, 0.29) is 0 Å². The number of pyridine rings is 1. The van der Waals surface area contributed by atoms with Crippen molar-refractivity contribution in [3.05, 3.63) is 95.8 Å². The van der Waals surface area contributed by atoms with Crippen LogP contribution in [0.15, 0.2) is 79.1 Å². The molecule has 0 aliphatic rings. The van der Waals surface area contributed by atoms with Crippen LogP contribution >= 0.6 is 0 Å². The fraction of sp³-hybridized carbons (Fsp3) is 0.240. The van der Waals surface area contributed by atoms with Crippen molar-refractivity contribution >= 4 is 10.9 Å². The molecule has 148 valence electrons. The lowest BCUT2D eigenvalue weighted by molar-refractivity contribution is 0.296. The summed E-state index contributed by atoms with van der Waals surface area (Å²) in [6.45, 7) is 5.44. The second kappa shape index (κ2) is 9.39. The van der Waals surface area contributed by atoms with Crippen LogP contribution in [0, 0.1) is 6.92 Å². The molecule has 29 heavy (non-hydrogen) atoms. The van der Waals surface area contributed by atoms with Crippen LogP contribution in [-0.2, 0) is 13.1 Å². The Morgan fingerprint density at radius 2 is 1.79 bits per heavy atom. The predicted molar refractivity (Wildman–Crippen MR) is 118 cm³/mol. The minimum Gasteiger partial charge on any atom is -0.478 e. The van der Waals surface area contributed by atoms with E-state index in [0.717, 1.165) is 26.1 Å². The maximum absolute atomic E-state index is 5.65. The first-order valence-corrected chi connectivity index (χ1v) is 10.2. The van der Waals surface area contributed by atoms with E-state index in [1.807, 2.05) is 18.2 Å². The molecule has 0 fully saturated rings. The van der Waals surface area contributed by atoms with Gasteiger partial charge in [-0.25, -0.2) is 4.98 Å². The molecule has 0 radical (unpaired) electrons. The van der Waals surface area contributed by atoms with Crippen LogP contribution in [0.2, 0.25) is 0 Å². The summed E-state index contributed by atoms with van der Waals surface area (Å²) in [4.78, 5) is 4.17. The van der Waals surface area contributed by atoms with Gasteiger partial charge in [-0.3, -0.25) is 0 Å². The number of rotatable bonds is 9. The van der Waals surface area contributed by atoms with Gasteiger partial charge in [0.15, 0.2) is 0 Å². The van der Waals surface area contributed by atoms with Gasteiger partial charge >= 0.3 is 0 Å². The first-order valence-electron chi connectivity index (χ1n) is 10.2. The van der Waals surface area contributed by atoms with Gasteiger partial charge in [0.05, 0.1) is 6.61 Å². The summed E-state index contributed by atoms with van der Waals surface area (Å²) in [5, 5.41) is 4.87. The lowest BCUT2D eigenvalue weighted by Crippen LogP contribution is -2.17. The van der Waals surface area contributed by atoms with Crippen molar-refractivity contribution in [2.45, 2.75) is 26.4 Å². The molecule has 0 atom stereocenters. The Morgan fingerprint density at radius 3 is 2.62 bits per heavy atom. The van der Waals surface area contributed by atoms with E-state index in [4.69, 9.17) is 4.74 Å². The molecule has 0 saturated carbocycles. The number of ether oxygens (including phenoxy) is 1. The molecule has 0 bridgehead atoms. The number of nitrogens with one attached hydrogen (secondary N) is 1. The van der Waals surface area contributed by atoms with E-state index < -0.39 is 0 Å². The maximum Gasteiger partial charge on any atom is 0.213 e. The zero-order chi connectivity index (χ0) is 19.9. The van der Waals surface area contributed by atoms with E-state index in [1.54, 1.807) is 6.20 Å². The average Bonchev–Trinajstić information content (AvgIpc) is 3.10. The van der Waals surface area contributed by atoms with Gasteiger partial charge in [0.1, 0.15) is 0 Å². The van der Waals surface area contributed by atoms with Gasteiger partial charge in [0.25, 0.3) is 0 Å². The summed E-state index contributed by atoms with van der Waals surface area (Å²) in [5.74, 6) is 0.687. The van der Waals surface area contributed by atoms with Gasteiger partial charge in [-0.15, -0.1) is 0 Å². The van der Waals surface area contributed by atoms with E-state index >= 15 is 0 Å². The summed E-state index contributed by atoms with van der Waals surface area (Å²) in [6.07, 6.45) is 4.97. The standard InChI is InChI=1S/C25H27N3O/c1-20-10-12-21(13-11-20)18-28-19-22(23-7-2-3-8-24(23)28)17-26-14-6-16-29-25-9-4-5-15-27-25/h2-5,7-13,15,19,26H,6,14,16-18H2,1H3. The molecule has 2 aromatic carbocycles. The molecule has 4 aromatic rings. The Labute approximate surface area is 172 Å². The van der Waals surface area contributed by atoms with Crippen molar-refractivity contribution in [1.82, 2.24) is 14.9 Å². The van der Waals surface area contributed by atoms with Gasteiger partial charge in [-0.1, -0.05) is 54.1 Å². The molecule has 2 aromatic heterocycles. The monoisotopic (exact) mass is 385 g/mol. The van der Waals surface area contributed by atoms with Gasteiger partial charge < -0.3 is 14.6 Å². The molecule has 0 amide bonds. The number of benzene rings is 2. The quantitative estimate of drug-likeness (QED) is 0.414. The van der Waals surface area contributed by atoms with Crippen LogP contribution < -0.4 is 10.1 Å². The molecule has 4 heteroatoms. The van der Waals surface area contributed by atoms with Crippen LogP contribution in [0.25, 0.3) is 10.9 Å². The van der Waals surface area contributed by atoms with Crippen molar-refractivity contribution in [3.8, 4) is 5.88 Å². The van der Waals surface area contributed by atoms with Crippen LogP contribution in [0.1, 0.15) is 23.1 Å². The van der Waals surface area contributed by atoms with Crippen molar-refractivity contribution in [1.29, 1.82) is 0 Å². The lowest BCUT2D eigenvalue weighted by atomic mass is 10.1. The highest BCUT2D eigenvalue weighted by molar-refractivity contribution is 5.84. The Hall–Kier alpha value is -3.11. The average molecular weight is 386 g/mol. The largest absolute Gasteiger partial charge is 0.478 e. The summed E-state index contributed by atoms with van der Waals surface area (Å²) < 4.78 is 8.00. The summed E-state index contributed by atoms with van der Waals surface area (Å²) in [5.41, 5.74) is 5.23. The van der Waals surface area contributed by atoms with Gasteiger partial charge in [-0.05, 0) is 43.1 Å². The zero-order valence-corrected chi connectivity index (χ0v) is 16.8. The lowest BCUT2D eigenvalue weighted by Gasteiger charge is -2.06. The highest BCUT2D eigenvalue weighted by atomic mass is 16.5. The Bertz CT molecular complexity index is 1040. The summed E-state index contributed by atoms with van der Waals surface area (Å²) in [6, 6.07) is 23.1. The zero-order valence-electron chi connectivity index (χ0n) is 16.8. The second-order valence-corrected chi connectivity index (χ2v) is 7.33. The fourth-order valence-electron chi connectivity index (χ4n) is 3.51. The highest BCUT2D eigenvalue weighted by Crippen LogP contribution is 2.22. The molecule has 4 nitrogen and oxygen atoms in total. The van der Waals surface area contributed by atoms with E-state index in [9.17, 15) is 0 Å². The first kappa shape index (κ1) is 19.2. The van der Waals surface area contributed by atoms with Crippen molar-refractivity contribution in [2.24, 2.45) is 0 Å². The van der Waals surface area contributed by atoms with E-state index in [0.29, 0.717) is 12.5 Å². The number of aromatic nitrogens is 2. The van der Waals surface area contributed by atoms with Crippen molar-refractivity contribution in [3.63, 3.8) is 0 Å². The molecule has 0 aliphatic carbocycles. The number of aryl methyl sites for hydroxylation is 1. The molecule has 0 unspecified atom stereocenters. The first-order chi connectivity index (χ1) is 14.3. The normalized spacial score (nSPS) is 11.1.